The Balaban J connectivity index is 1.39. The monoisotopic (exact) mass is 411 g/mol. The lowest BCUT2D eigenvalue weighted by molar-refractivity contribution is -0.115. The van der Waals surface area contributed by atoms with Crippen LogP contribution in [0.1, 0.15) is 5.56 Å². The average Bonchev–Trinajstić information content (AvgIpc) is 3.14. The molecule has 4 aromatic rings. The fraction of sp³-hybridized carbons (Fsp3) is 0.0476. The van der Waals surface area contributed by atoms with E-state index < -0.39 is 0 Å². The summed E-state index contributed by atoms with van der Waals surface area (Å²) in [5, 5.41) is 4.82. The number of aromatic amines is 1. The van der Waals surface area contributed by atoms with Gasteiger partial charge in [0, 0.05) is 22.8 Å². The van der Waals surface area contributed by atoms with Gasteiger partial charge in [-0.25, -0.2) is 4.98 Å². The zero-order chi connectivity index (χ0) is 19.5. The van der Waals surface area contributed by atoms with E-state index in [2.05, 4.69) is 15.3 Å². The van der Waals surface area contributed by atoms with Gasteiger partial charge >= 0.3 is 0 Å². The number of ether oxygens (including phenoxy) is 1. The third-order valence-corrected chi connectivity index (χ3v) is 4.65. The number of carbonyl (C=O) groups excluding carboxylic acids is 1. The highest BCUT2D eigenvalue weighted by Crippen LogP contribution is 2.31. The molecule has 5 nitrogen and oxygen atoms in total. The number of H-pyrrole nitrogens is 1. The fourth-order valence-corrected chi connectivity index (χ4v) is 3.10. The minimum Gasteiger partial charge on any atom is -0.454 e. The Morgan fingerprint density at radius 2 is 1.96 bits per heavy atom. The highest BCUT2D eigenvalue weighted by atomic mass is 35.5. The first-order valence-electron chi connectivity index (χ1n) is 8.52. The first-order valence-corrected chi connectivity index (χ1v) is 9.27. The van der Waals surface area contributed by atoms with Gasteiger partial charge < -0.3 is 15.0 Å². The number of rotatable bonds is 5. The second-order valence-electron chi connectivity index (χ2n) is 6.18. The Hall–Kier alpha value is -3.02. The molecule has 1 amide bonds. The predicted octanol–water partition coefficient (Wildman–Crippen LogP) is 5.84. The molecule has 0 spiro atoms. The van der Waals surface area contributed by atoms with E-state index in [1.165, 1.54) is 6.20 Å². The second kappa shape index (κ2) is 7.92. The Morgan fingerprint density at radius 1 is 1.07 bits per heavy atom. The Kier molecular flexibility index (Phi) is 5.19. The molecule has 0 bridgehead atoms. The van der Waals surface area contributed by atoms with Crippen LogP contribution in [-0.2, 0) is 11.2 Å². The first-order chi connectivity index (χ1) is 13.6. The summed E-state index contributed by atoms with van der Waals surface area (Å²) in [5.41, 5.74) is 1.97. The van der Waals surface area contributed by atoms with Gasteiger partial charge in [-0.1, -0.05) is 29.3 Å². The SMILES string of the molecule is O=C(Cc1ccc2[nH]ccc2c1)Nc1ccc(Oc2cc(Cl)ccc2Cl)cn1. The van der Waals surface area contributed by atoms with E-state index in [4.69, 9.17) is 27.9 Å². The normalized spacial score (nSPS) is 10.8. The van der Waals surface area contributed by atoms with Crippen molar-refractivity contribution in [1.29, 1.82) is 0 Å². The fourth-order valence-electron chi connectivity index (χ4n) is 2.78. The number of halogens is 2. The third-order valence-electron chi connectivity index (χ3n) is 4.11. The maximum Gasteiger partial charge on any atom is 0.229 e. The van der Waals surface area contributed by atoms with Crippen molar-refractivity contribution in [2.75, 3.05) is 5.32 Å². The van der Waals surface area contributed by atoms with Crippen molar-refractivity contribution in [2.24, 2.45) is 0 Å². The van der Waals surface area contributed by atoms with Gasteiger partial charge in [-0.15, -0.1) is 0 Å². The van der Waals surface area contributed by atoms with Crippen LogP contribution in [0.25, 0.3) is 10.9 Å². The molecule has 0 saturated heterocycles. The Morgan fingerprint density at radius 3 is 2.79 bits per heavy atom. The van der Waals surface area contributed by atoms with E-state index in [0.29, 0.717) is 27.4 Å². The molecule has 4 rings (SSSR count). The van der Waals surface area contributed by atoms with E-state index in [1.54, 1.807) is 30.3 Å². The second-order valence-corrected chi connectivity index (χ2v) is 7.02. The van der Waals surface area contributed by atoms with Gasteiger partial charge in [0.05, 0.1) is 17.6 Å². The topological polar surface area (TPSA) is 67.0 Å². The van der Waals surface area contributed by atoms with Crippen molar-refractivity contribution >= 4 is 45.8 Å². The van der Waals surface area contributed by atoms with Crippen molar-refractivity contribution in [2.45, 2.75) is 6.42 Å². The van der Waals surface area contributed by atoms with Crippen LogP contribution in [-0.4, -0.2) is 15.9 Å². The van der Waals surface area contributed by atoms with Crippen molar-refractivity contribution < 1.29 is 9.53 Å². The van der Waals surface area contributed by atoms with Crippen molar-refractivity contribution in [3.8, 4) is 11.5 Å². The van der Waals surface area contributed by atoms with Crippen LogP contribution in [0.15, 0.2) is 67.0 Å². The molecule has 0 radical (unpaired) electrons. The zero-order valence-electron chi connectivity index (χ0n) is 14.6. The molecule has 2 heterocycles. The maximum absolute atomic E-state index is 12.3. The van der Waals surface area contributed by atoms with E-state index >= 15 is 0 Å². The number of benzene rings is 2. The summed E-state index contributed by atoms with van der Waals surface area (Å²) in [6.45, 7) is 0. The summed E-state index contributed by atoms with van der Waals surface area (Å²) >= 11 is 12.0. The molecule has 0 saturated carbocycles. The highest BCUT2D eigenvalue weighted by Gasteiger charge is 2.08. The summed E-state index contributed by atoms with van der Waals surface area (Å²) < 4.78 is 5.68. The molecule has 2 aromatic heterocycles. The van der Waals surface area contributed by atoms with Crippen molar-refractivity contribution in [3.63, 3.8) is 0 Å². The smallest absolute Gasteiger partial charge is 0.229 e. The van der Waals surface area contributed by atoms with Crippen LogP contribution in [0.3, 0.4) is 0 Å². The van der Waals surface area contributed by atoms with Gasteiger partial charge in [0.25, 0.3) is 0 Å². The number of carbonyl (C=O) groups is 1. The number of pyridine rings is 1. The summed E-state index contributed by atoms with van der Waals surface area (Å²) in [4.78, 5) is 19.6. The number of nitrogens with one attached hydrogen (secondary N) is 2. The standard InChI is InChI=1S/C21H15Cl2N3O2/c22-15-2-4-17(23)19(11-15)28-16-3-6-20(25-12-16)26-21(27)10-13-1-5-18-14(9-13)7-8-24-18/h1-9,11-12,24H,10H2,(H,25,26,27). The number of amides is 1. The van der Waals surface area contributed by atoms with Crippen LogP contribution < -0.4 is 10.1 Å². The lowest BCUT2D eigenvalue weighted by Crippen LogP contribution is -2.15. The number of nitrogens with zero attached hydrogens (tertiary/aromatic N) is 1. The third kappa shape index (κ3) is 4.27. The Bertz CT molecular complexity index is 1140. The molecule has 0 aliphatic rings. The zero-order valence-corrected chi connectivity index (χ0v) is 16.1. The summed E-state index contributed by atoms with van der Waals surface area (Å²) in [7, 11) is 0. The van der Waals surface area contributed by atoms with Crippen molar-refractivity contribution in [1.82, 2.24) is 9.97 Å². The van der Waals surface area contributed by atoms with Gasteiger partial charge in [0.1, 0.15) is 17.3 Å². The molecule has 2 aromatic carbocycles. The number of hydrogen-bond donors (Lipinski definition) is 2. The van der Waals surface area contributed by atoms with Crippen LogP contribution >= 0.6 is 23.2 Å². The summed E-state index contributed by atoms with van der Waals surface area (Å²) in [5.74, 6) is 1.22. The van der Waals surface area contributed by atoms with Crippen LogP contribution in [0, 0.1) is 0 Å². The van der Waals surface area contributed by atoms with Gasteiger partial charge in [0.2, 0.25) is 5.91 Å². The molecule has 2 N–H and O–H groups in total. The first kappa shape index (κ1) is 18.3. The molecule has 140 valence electrons. The molecule has 0 unspecified atom stereocenters. The van der Waals surface area contributed by atoms with Gasteiger partial charge in [0.15, 0.2) is 0 Å². The predicted molar refractivity (Wildman–Crippen MR) is 111 cm³/mol. The van der Waals surface area contributed by atoms with E-state index in [0.717, 1.165) is 16.5 Å². The molecular weight excluding hydrogens is 397 g/mol. The number of anilines is 1. The molecule has 7 heteroatoms. The van der Waals surface area contributed by atoms with E-state index in [9.17, 15) is 4.79 Å². The lowest BCUT2D eigenvalue weighted by Gasteiger charge is -2.09. The highest BCUT2D eigenvalue weighted by molar-refractivity contribution is 6.34. The Labute approximate surface area is 171 Å². The van der Waals surface area contributed by atoms with Gasteiger partial charge in [-0.3, -0.25) is 4.79 Å². The molecular formula is C21H15Cl2N3O2. The minimum absolute atomic E-state index is 0.145. The number of hydrogen-bond acceptors (Lipinski definition) is 3. The van der Waals surface area contributed by atoms with Crippen LogP contribution in [0.5, 0.6) is 11.5 Å². The lowest BCUT2D eigenvalue weighted by atomic mass is 10.1. The number of fused-ring (bicyclic) bond motifs is 1. The van der Waals surface area contributed by atoms with Gasteiger partial charge in [-0.2, -0.15) is 0 Å². The minimum atomic E-state index is -0.145. The molecule has 0 aliphatic carbocycles. The largest absolute Gasteiger partial charge is 0.454 e. The van der Waals surface area contributed by atoms with E-state index in [-0.39, 0.29) is 12.3 Å². The molecule has 28 heavy (non-hydrogen) atoms. The molecule has 0 aliphatic heterocycles. The average molecular weight is 412 g/mol. The van der Waals surface area contributed by atoms with Gasteiger partial charge in [-0.05, 0) is 53.4 Å². The quantitative estimate of drug-likeness (QED) is 0.433. The maximum atomic E-state index is 12.3. The molecule has 0 atom stereocenters. The van der Waals surface area contributed by atoms with Crippen LogP contribution in [0.2, 0.25) is 10.0 Å². The summed E-state index contributed by atoms with van der Waals surface area (Å²) in [6.07, 6.45) is 3.65. The summed E-state index contributed by atoms with van der Waals surface area (Å²) in [6, 6.07) is 16.2. The van der Waals surface area contributed by atoms with Crippen molar-refractivity contribution in [3.05, 3.63) is 82.6 Å². The molecule has 0 fully saturated rings. The van der Waals surface area contributed by atoms with E-state index in [1.807, 2.05) is 30.5 Å². The van der Waals surface area contributed by atoms with Crippen LogP contribution in [0.4, 0.5) is 5.82 Å². The number of aromatic nitrogens is 2.